The van der Waals surface area contributed by atoms with E-state index in [-0.39, 0.29) is 24.9 Å². The fourth-order valence-electron chi connectivity index (χ4n) is 2.53. The second-order valence-corrected chi connectivity index (χ2v) is 5.19. The molecule has 1 saturated carbocycles. The fraction of sp³-hybridized carbons (Fsp3) is 0.833. The van der Waals surface area contributed by atoms with Crippen LogP contribution in [-0.2, 0) is 9.47 Å². The summed E-state index contributed by atoms with van der Waals surface area (Å²) in [5, 5.41) is 7.85. The van der Waals surface area contributed by atoms with Gasteiger partial charge >= 0.3 is 6.36 Å². The van der Waals surface area contributed by atoms with Crippen LogP contribution in [0.25, 0.3) is 0 Å². The third-order valence-electron chi connectivity index (χ3n) is 3.66. The molecule has 0 unspecified atom stereocenters. The van der Waals surface area contributed by atoms with Gasteiger partial charge in [0.2, 0.25) is 11.8 Å². The van der Waals surface area contributed by atoms with Crippen molar-refractivity contribution in [3.63, 3.8) is 0 Å². The zero-order valence-electron chi connectivity index (χ0n) is 10.7. The highest BCUT2D eigenvalue weighted by Gasteiger charge is 2.42. The van der Waals surface area contributed by atoms with Gasteiger partial charge in [-0.3, -0.25) is 4.74 Å². The number of hydrogen-bond acceptors (Lipinski definition) is 5. The summed E-state index contributed by atoms with van der Waals surface area (Å²) in [7, 11) is 0. The quantitative estimate of drug-likeness (QED) is 0.856. The van der Waals surface area contributed by atoms with Crippen LogP contribution in [0.4, 0.5) is 13.2 Å². The van der Waals surface area contributed by atoms with Gasteiger partial charge in [-0.2, -0.15) is 0 Å². The molecule has 3 rings (SSSR count). The number of alkyl halides is 3. The van der Waals surface area contributed by atoms with Crippen molar-refractivity contribution in [2.45, 2.75) is 56.6 Å². The lowest BCUT2D eigenvalue weighted by Gasteiger charge is -2.32. The summed E-state index contributed by atoms with van der Waals surface area (Å²) in [5.74, 6) is 0.670. The number of rotatable bonds is 3. The molecule has 0 radical (unpaired) electrons. The highest BCUT2D eigenvalue weighted by Crippen LogP contribution is 2.41. The maximum absolute atomic E-state index is 12.0. The summed E-state index contributed by atoms with van der Waals surface area (Å²) >= 11 is 0. The van der Waals surface area contributed by atoms with Gasteiger partial charge in [-0.15, -0.1) is 23.4 Å². The zero-order valence-corrected chi connectivity index (χ0v) is 10.7. The molecule has 0 bridgehead atoms. The molecule has 5 nitrogen and oxygen atoms in total. The molecule has 0 spiro atoms. The third kappa shape index (κ3) is 3.12. The van der Waals surface area contributed by atoms with Gasteiger partial charge in [-0.05, 0) is 32.1 Å². The van der Waals surface area contributed by atoms with Crippen molar-refractivity contribution < 1.29 is 27.1 Å². The minimum absolute atomic E-state index is 0.146. The summed E-state index contributed by atoms with van der Waals surface area (Å²) < 4.78 is 51.0. The van der Waals surface area contributed by atoms with E-state index >= 15 is 0 Å². The molecule has 2 aliphatic rings. The zero-order chi connectivity index (χ0) is 14.2. The minimum atomic E-state index is -4.58. The molecular weight excluding hydrogens is 277 g/mol. The second kappa shape index (κ2) is 5.33. The van der Waals surface area contributed by atoms with Crippen molar-refractivity contribution in [3.8, 4) is 0 Å². The molecule has 8 heteroatoms. The first-order valence-corrected chi connectivity index (χ1v) is 6.71. The monoisotopic (exact) mass is 292 g/mol. The molecule has 1 atom stereocenters. The molecule has 20 heavy (non-hydrogen) atoms. The van der Waals surface area contributed by atoms with Crippen LogP contribution in [0, 0.1) is 0 Å². The Balaban J connectivity index is 1.53. The molecule has 0 N–H and O–H groups in total. The van der Waals surface area contributed by atoms with Crippen molar-refractivity contribution >= 4 is 0 Å². The summed E-state index contributed by atoms with van der Waals surface area (Å²) in [5.41, 5.74) is 0. The largest absolute Gasteiger partial charge is 0.522 e. The van der Waals surface area contributed by atoms with Gasteiger partial charge in [0, 0.05) is 12.5 Å². The van der Waals surface area contributed by atoms with Crippen LogP contribution < -0.4 is 0 Å². The Hall–Kier alpha value is -1.15. The van der Waals surface area contributed by atoms with Crippen molar-refractivity contribution in [1.29, 1.82) is 0 Å². The minimum Gasteiger partial charge on any atom is -0.422 e. The molecule has 1 aliphatic carbocycles. The van der Waals surface area contributed by atoms with Crippen LogP contribution in [0.3, 0.4) is 0 Å². The van der Waals surface area contributed by atoms with Crippen molar-refractivity contribution in [2.24, 2.45) is 0 Å². The lowest BCUT2D eigenvalue weighted by Crippen LogP contribution is -2.34. The Morgan fingerprint density at radius 3 is 2.50 bits per heavy atom. The fourth-order valence-corrected chi connectivity index (χ4v) is 2.53. The van der Waals surface area contributed by atoms with E-state index in [4.69, 9.17) is 9.15 Å². The van der Waals surface area contributed by atoms with Crippen molar-refractivity contribution in [1.82, 2.24) is 10.2 Å². The van der Waals surface area contributed by atoms with E-state index in [0.717, 1.165) is 19.3 Å². The number of hydrogen-bond donors (Lipinski definition) is 0. The van der Waals surface area contributed by atoms with Gasteiger partial charge in [0.05, 0.1) is 6.10 Å². The van der Waals surface area contributed by atoms with Crippen molar-refractivity contribution in [3.05, 3.63) is 11.8 Å². The SMILES string of the molecule is FC(F)(F)OC1CC(c2nnc([C@@H]3CCCCO3)o2)C1. The number of aromatic nitrogens is 2. The Morgan fingerprint density at radius 2 is 1.85 bits per heavy atom. The van der Waals surface area contributed by atoms with E-state index in [0.29, 0.717) is 18.4 Å². The highest BCUT2D eigenvalue weighted by molar-refractivity contribution is 5.01. The first-order chi connectivity index (χ1) is 9.51. The van der Waals surface area contributed by atoms with E-state index in [1.807, 2.05) is 0 Å². The summed E-state index contributed by atoms with van der Waals surface area (Å²) in [6.07, 6.45) is -2.13. The topological polar surface area (TPSA) is 57.4 Å². The van der Waals surface area contributed by atoms with Crippen LogP contribution in [0.15, 0.2) is 4.42 Å². The molecule has 2 heterocycles. The maximum Gasteiger partial charge on any atom is 0.522 e. The number of nitrogens with zero attached hydrogens (tertiary/aromatic N) is 2. The van der Waals surface area contributed by atoms with Crippen LogP contribution in [-0.4, -0.2) is 29.3 Å². The van der Waals surface area contributed by atoms with E-state index in [9.17, 15) is 13.2 Å². The first-order valence-electron chi connectivity index (χ1n) is 6.71. The third-order valence-corrected chi connectivity index (χ3v) is 3.66. The van der Waals surface area contributed by atoms with Crippen LogP contribution in [0.1, 0.15) is 55.9 Å². The summed E-state index contributed by atoms with van der Waals surface area (Å²) in [4.78, 5) is 0. The van der Waals surface area contributed by atoms with E-state index in [1.165, 1.54) is 0 Å². The smallest absolute Gasteiger partial charge is 0.422 e. The molecular formula is C12H15F3N2O3. The Kier molecular flexibility index (Phi) is 3.68. The molecule has 2 fully saturated rings. The predicted molar refractivity (Wildman–Crippen MR) is 59.7 cm³/mol. The molecule has 1 aliphatic heterocycles. The van der Waals surface area contributed by atoms with Crippen molar-refractivity contribution in [2.75, 3.05) is 6.61 Å². The van der Waals surface area contributed by atoms with Crippen LogP contribution in [0.5, 0.6) is 0 Å². The lowest BCUT2D eigenvalue weighted by atomic mass is 9.82. The van der Waals surface area contributed by atoms with E-state index in [2.05, 4.69) is 14.9 Å². The van der Waals surface area contributed by atoms with Crippen LogP contribution in [0.2, 0.25) is 0 Å². The van der Waals surface area contributed by atoms with Crippen LogP contribution >= 0.6 is 0 Å². The average molecular weight is 292 g/mol. The van der Waals surface area contributed by atoms with Gasteiger partial charge in [0.15, 0.2) is 0 Å². The molecule has 1 aromatic rings. The van der Waals surface area contributed by atoms with Gasteiger partial charge in [0.1, 0.15) is 6.10 Å². The predicted octanol–water partition coefficient (Wildman–Crippen LogP) is 3.09. The second-order valence-electron chi connectivity index (χ2n) is 5.19. The molecule has 0 amide bonds. The highest BCUT2D eigenvalue weighted by atomic mass is 19.4. The summed E-state index contributed by atoms with van der Waals surface area (Å²) in [6, 6.07) is 0. The average Bonchev–Trinajstić information content (AvgIpc) is 2.82. The summed E-state index contributed by atoms with van der Waals surface area (Å²) in [6.45, 7) is 0.674. The molecule has 1 saturated heterocycles. The molecule has 112 valence electrons. The van der Waals surface area contributed by atoms with Gasteiger partial charge in [0.25, 0.3) is 0 Å². The van der Waals surface area contributed by atoms with Gasteiger partial charge in [-0.25, -0.2) is 0 Å². The Morgan fingerprint density at radius 1 is 1.10 bits per heavy atom. The van der Waals surface area contributed by atoms with Gasteiger partial charge < -0.3 is 9.15 Å². The normalized spacial score (nSPS) is 31.1. The standard InChI is InChI=1S/C12H15F3N2O3/c13-12(14,15)20-8-5-7(6-8)10-16-17-11(19-10)9-3-1-2-4-18-9/h7-9H,1-6H2/t7?,8?,9-/m0/s1. The Bertz CT molecular complexity index is 451. The first kappa shape index (κ1) is 13.8. The van der Waals surface area contributed by atoms with E-state index in [1.54, 1.807) is 0 Å². The number of halogens is 3. The molecule has 1 aromatic heterocycles. The van der Waals surface area contributed by atoms with E-state index < -0.39 is 12.5 Å². The number of ether oxygens (including phenoxy) is 2. The maximum atomic E-state index is 12.0. The molecule has 0 aromatic carbocycles. The Labute approximate surface area is 113 Å². The lowest BCUT2D eigenvalue weighted by molar-refractivity contribution is -0.352. The van der Waals surface area contributed by atoms with Gasteiger partial charge in [-0.1, -0.05) is 0 Å².